The van der Waals surface area contributed by atoms with Crippen LogP contribution in [0.4, 0.5) is 0 Å². The third kappa shape index (κ3) is 3.02. The summed E-state index contributed by atoms with van der Waals surface area (Å²) in [4.78, 5) is 13.7. The Balaban J connectivity index is 1.69. The van der Waals surface area contributed by atoms with Crippen LogP contribution in [-0.4, -0.2) is 5.91 Å². The largest absolute Gasteiger partial charge is 0.348 e. The third-order valence-electron chi connectivity index (χ3n) is 4.74. The van der Waals surface area contributed by atoms with Crippen LogP contribution in [0.15, 0.2) is 17.5 Å². The highest BCUT2D eigenvalue weighted by atomic mass is 32.1. The molecule has 0 radical (unpaired) electrons. The first-order chi connectivity index (χ1) is 9.34. The molecule has 2 nitrogen and oxygen atoms in total. The number of hydrogen-bond acceptors (Lipinski definition) is 2. The number of hydrogen-bond donors (Lipinski definition) is 1. The second kappa shape index (κ2) is 6.08. The van der Waals surface area contributed by atoms with Crippen molar-refractivity contribution < 1.29 is 4.79 Å². The Hall–Kier alpha value is -0.830. The average Bonchev–Trinajstić information content (AvgIpc) is 3.17. The molecule has 0 aromatic carbocycles. The summed E-state index contributed by atoms with van der Waals surface area (Å²) in [5, 5.41) is 5.50. The monoisotopic (exact) mass is 277 g/mol. The Labute approximate surface area is 119 Å². The van der Waals surface area contributed by atoms with E-state index >= 15 is 0 Å². The number of thiophene rings is 1. The van der Waals surface area contributed by atoms with E-state index in [1.165, 1.54) is 43.4 Å². The van der Waals surface area contributed by atoms with Gasteiger partial charge < -0.3 is 5.32 Å². The van der Waals surface area contributed by atoms with Crippen LogP contribution in [0.3, 0.4) is 0 Å². The molecule has 1 atom stereocenters. The Kier molecular flexibility index (Phi) is 4.21. The van der Waals surface area contributed by atoms with Gasteiger partial charge in [0.05, 0.1) is 6.04 Å². The van der Waals surface area contributed by atoms with E-state index in [1.807, 2.05) is 0 Å². The van der Waals surface area contributed by atoms with Gasteiger partial charge in [0.15, 0.2) is 0 Å². The maximum absolute atomic E-state index is 12.4. The van der Waals surface area contributed by atoms with Crippen molar-refractivity contribution in [2.45, 2.75) is 57.4 Å². The van der Waals surface area contributed by atoms with E-state index in [1.54, 1.807) is 11.3 Å². The zero-order valence-electron chi connectivity index (χ0n) is 11.4. The quantitative estimate of drug-likeness (QED) is 0.874. The summed E-state index contributed by atoms with van der Waals surface area (Å²) in [6.07, 6.45) is 9.83. The summed E-state index contributed by atoms with van der Waals surface area (Å²) < 4.78 is 0. The minimum Gasteiger partial charge on any atom is -0.348 e. The highest BCUT2D eigenvalue weighted by Crippen LogP contribution is 2.38. The highest BCUT2D eigenvalue weighted by molar-refractivity contribution is 7.10. The minimum atomic E-state index is 0.274. The standard InChI is InChI=1S/C16H23NOS/c18-16(13-8-3-4-9-13)17-15(12-6-1-2-7-12)14-10-5-11-19-14/h5,10-13,15H,1-4,6-9H2,(H,17,18). The number of carbonyl (C=O) groups is 1. The summed E-state index contributed by atoms with van der Waals surface area (Å²) in [6, 6.07) is 4.56. The zero-order valence-corrected chi connectivity index (χ0v) is 12.3. The molecule has 2 aliphatic carbocycles. The van der Waals surface area contributed by atoms with E-state index in [9.17, 15) is 4.79 Å². The molecule has 1 aromatic rings. The SMILES string of the molecule is O=C(NC(c1cccs1)C1CCCC1)C1CCCC1. The van der Waals surface area contributed by atoms with Gasteiger partial charge in [-0.15, -0.1) is 11.3 Å². The molecule has 1 N–H and O–H groups in total. The van der Waals surface area contributed by atoms with Gasteiger partial charge in [-0.2, -0.15) is 0 Å². The first-order valence-electron chi connectivity index (χ1n) is 7.68. The fourth-order valence-corrected chi connectivity index (χ4v) is 4.51. The average molecular weight is 277 g/mol. The number of nitrogens with one attached hydrogen (secondary N) is 1. The lowest BCUT2D eigenvalue weighted by molar-refractivity contribution is -0.125. The predicted molar refractivity (Wildman–Crippen MR) is 79.1 cm³/mol. The van der Waals surface area contributed by atoms with Gasteiger partial charge in [-0.1, -0.05) is 31.7 Å². The van der Waals surface area contributed by atoms with Crippen molar-refractivity contribution >= 4 is 17.2 Å². The molecule has 0 saturated heterocycles. The van der Waals surface area contributed by atoms with E-state index in [0.29, 0.717) is 11.8 Å². The van der Waals surface area contributed by atoms with Crippen LogP contribution in [0.5, 0.6) is 0 Å². The lowest BCUT2D eigenvalue weighted by Crippen LogP contribution is -2.35. The molecule has 2 aliphatic rings. The third-order valence-corrected chi connectivity index (χ3v) is 5.70. The molecule has 0 spiro atoms. The minimum absolute atomic E-state index is 0.274. The maximum atomic E-state index is 12.4. The molecule has 104 valence electrons. The van der Waals surface area contributed by atoms with Gasteiger partial charge in [0.25, 0.3) is 0 Å². The van der Waals surface area contributed by atoms with E-state index in [4.69, 9.17) is 0 Å². The predicted octanol–water partition coefficient (Wildman–Crippen LogP) is 4.29. The molecule has 1 aromatic heterocycles. The van der Waals surface area contributed by atoms with Crippen LogP contribution in [0.25, 0.3) is 0 Å². The first kappa shape index (κ1) is 13.2. The van der Waals surface area contributed by atoms with Gasteiger partial charge >= 0.3 is 0 Å². The van der Waals surface area contributed by atoms with Crippen molar-refractivity contribution in [1.29, 1.82) is 0 Å². The van der Waals surface area contributed by atoms with E-state index in [2.05, 4.69) is 22.8 Å². The van der Waals surface area contributed by atoms with Gasteiger partial charge in [-0.3, -0.25) is 4.79 Å². The van der Waals surface area contributed by atoms with Crippen LogP contribution >= 0.6 is 11.3 Å². The maximum Gasteiger partial charge on any atom is 0.223 e. The van der Waals surface area contributed by atoms with Gasteiger partial charge in [0, 0.05) is 10.8 Å². The lowest BCUT2D eigenvalue weighted by Gasteiger charge is -2.25. The molecule has 2 saturated carbocycles. The van der Waals surface area contributed by atoms with Crippen LogP contribution in [0, 0.1) is 11.8 Å². The molecule has 0 aliphatic heterocycles. The van der Waals surface area contributed by atoms with Crippen molar-refractivity contribution in [3.8, 4) is 0 Å². The fourth-order valence-electron chi connectivity index (χ4n) is 3.64. The Morgan fingerprint density at radius 1 is 1.16 bits per heavy atom. The summed E-state index contributed by atoms with van der Waals surface area (Å²) in [5.74, 6) is 1.25. The van der Waals surface area contributed by atoms with Crippen molar-refractivity contribution in [2.75, 3.05) is 0 Å². The summed E-state index contributed by atoms with van der Waals surface area (Å²) in [7, 11) is 0. The smallest absolute Gasteiger partial charge is 0.223 e. The van der Waals surface area contributed by atoms with Crippen molar-refractivity contribution in [2.24, 2.45) is 11.8 Å². The molecular formula is C16H23NOS. The molecule has 1 heterocycles. The Bertz CT molecular complexity index is 402. The van der Waals surface area contributed by atoms with Crippen LogP contribution in [0.2, 0.25) is 0 Å². The first-order valence-corrected chi connectivity index (χ1v) is 8.56. The normalized spacial score (nSPS) is 22.7. The fraction of sp³-hybridized carbons (Fsp3) is 0.688. The summed E-state index contributed by atoms with van der Waals surface area (Å²) in [6.45, 7) is 0. The number of rotatable bonds is 4. The van der Waals surface area contributed by atoms with Gasteiger partial charge in [-0.25, -0.2) is 0 Å². The molecule has 3 rings (SSSR count). The second-order valence-electron chi connectivity index (χ2n) is 6.03. The molecule has 19 heavy (non-hydrogen) atoms. The number of carbonyl (C=O) groups excluding carboxylic acids is 1. The lowest BCUT2D eigenvalue weighted by atomic mass is 9.95. The van der Waals surface area contributed by atoms with E-state index in [0.717, 1.165) is 12.8 Å². The van der Waals surface area contributed by atoms with Crippen LogP contribution in [-0.2, 0) is 4.79 Å². The van der Waals surface area contributed by atoms with Crippen LogP contribution in [0.1, 0.15) is 62.3 Å². The number of amides is 1. The van der Waals surface area contributed by atoms with Gasteiger partial charge in [0.2, 0.25) is 5.91 Å². The zero-order chi connectivity index (χ0) is 13.1. The Morgan fingerprint density at radius 2 is 1.84 bits per heavy atom. The summed E-state index contributed by atoms with van der Waals surface area (Å²) >= 11 is 1.79. The molecule has 0 bridgehead atoms. The van der Waals surface area contributed by atoms with E-state index in [-0.39, 0.29) is 12.0 Å². The topological polar surface area (TPSA) is 29.1 Å². The van der Waals surface area contributed by atoms with E-state index < -0.39 is 0 Å². The summed E-state index contributed by atoms with van der Waals surface area (Å²) in [5.41, 5.74) is 0. The molecule has 2 fully saturated rings. The van der Waals surface area contributed by atoms with Gasteiger partial charge in [0.1, 0.15) is 0 Å². The van der Waals surface area contributed by atoms with Crippen molar-refractivity contribution in [3.05, 3.63) is 22.4 Å². The highest BCUT2D eigenvalue weighted by Gasteiger charge is 2.31. The molecule has 1 unspecified atom stereocenters. The van der Waals surface area contributed by atoms with Crippen LogP contribution < -0.4 is 5.32 Å². The van der Waals surface area contributed by atoms with Crippen molar-refractivity contribution in [3.63, 3.8) is 0 Å². The Morgan fingerprint density at radius 3 is 2.47 bits per heavy atom. The molecule has 1 amide bonds. The van der Waals surface area contributed by atoms with Gasteiger partial charge in [-0.05, 0) is 43.0 Å². The molecule has 3 heteroatoms. The van der Waals surface area contributed by atoms with Crippen molar-refractivity contribution in [1.82, 2.24) is 5.32 Å². The molecular weight excluding hydrogens is 254 g/mol. The second-order valence-corrected chi connectivity index (χ2v) is 7.01.